The maximum Gasteiger partial charge on any atom is 0.107 e. The number of hydrogen-bond acceptors (Lipinski definition) is 1. The Hall–Kier alpha value is -2.09. The van der Waals surface area contributed by atoms with E-state index in [-0.39, 0.29) is 0 Å². The SMILES string of the molecule is CC(CCc1nc2ccccc2[nH]1)c1ccccc1. The van der Waals surface area contributed by atoms with Crippen molar-refractivity contribution >= 4 is 11.0 Å². The van der Waals surface area contributed by atoms with Crippen molar-refractivity contribution in [3.05, 3.63) is 66.0 Å². The van der Waals surface area contributed by atoms with Gasteiger partial charge in [0.25, 0.3) is 0 Å². The molecule has 1 heterocycles. The third kappa shape index (κ3) is 2.68. The fourth-order valence-electron chi connectivity index (χ4n) is 2.43. The number of nitrogens with one attached hydrogen (secondary N) is 1. The summed E-state index contributed by atoms with van der Waals surface area (Å²) in [5.74, 6) is 1.65. The number of fused-ring (bicyclic) bond motifs is 1. The summed E-state index contributed by atoms with van der Waals surface area (Å²) < 4.78 is 0. The van der Waals surface area contributed by atoms with Crippen molar-refractivity contribution in [1.82, 2.24) is 9.97 Å². The minimum absolute atomic E-state index is 0.564. The van der Waals surface area contributed by atoms with Gasteiger partial charge in [-0.15, -0.1) is 0 Å². The van der Waals surface area contributed by atoms with E-state index in [1.165, 1.54) is 5.56 Å². The van der Waals surface area contributed by atoms with Crippen LogP contribution in [0.5, 0.6) is 0 Å². The number of aromatic amines is 1. The highest BCUT2D eigenvalue weighted by Gasteiger charge is 2.07. The number of aryl methyl sites for hydroxylation is 1. The van der Waals surface area contributed by atoms with Gasteiger partial charge in [0.2, 0.25) is 0 Å². The Morgan fingerprint density at radius 2 is 1.74 bits per heavy atom. The van der Waals surface area contributed by atoms with Crippen molar-refractivity contribution in [2.45, 2.75) is 25.7 Å². The van der Waals surface area contributed by atoms with E-state index in [0.29, 0.717) is 5.92 Å². The molecule has 0 radical (unpaired) electrons. The number of H-pyrrole nitrogens is 1. The van der Waals surface area contributed by atoms with Gasteiger partial charge in [0.15, 0.2) is 0 Å². The van der Waals surface area contributed by atoms with Gasteiger partial charge in [0.05, 0.1) is 11.0 Å². The Kier molecular flexibility index (Phi) is 3.32. The van der Waals surface area contributed by atoms with Gasteiger partial charge in [-0.1, -0.05) is 49.4 Å². The number of para-hydroxylation sites is 2. The first kappa shape index (κ1) is 12.0. The van der Waals surface area contributed by atoms with Crippen molar-refractivity contribution in [2.75, 3.05) is 0 Å². The molecule has 1 unspecified atom stereocenters. The van der Waals surface area contributed by atoms with Gasteiger partial charge in [-0.2, -0.15) is 0 Å². The number of imidazole rings is 1. The molecule has 2 heteroatoms. The molecule has 0 amide bonds. The lowest BCUT2D eigenvalue weighted by Gasteiger charge is -2.10. The maximum atomic E-state index is 4.62. The summed E-state index contributed by atoms with van der Waals surface area (Å²) in [6.45, 7) is 2.28. The second-order valence-corrected chi connectivity index (χ2v) is 5.05. The zero-order valence-corrected chi connectivity index (χ0v) is 11.1. The predicted octanol–water partition coefficient (Wildman–Crippen LogP) is 4.30. The lowest BCUT2D eigenvalue weighted by molar-refractivity contribution is 0.664. The molecule has 0 saturated heterocycles. The summed E-state index contributed by atoms with van der Waals surface area (Å²) in [7, 11) is 0. The maximum absolute atomic E-state index is 4.62. The summed E-state index contributed by atoms with van der Waals surface area (Å²) >= 11 is 0. The summed E-state index contributed by atoms with van der Waals surface area (Å²) in [6.07, 6.45) is 2.11. The van der Waals surface area contributed by atoms with Crippen molar-refractivity contribution in [1.29, 1.82) is 0 Å². The Labute approximate surface area is 113 Å². The molecule has 0 fully saturated rings. The van der Waals surface area contributed by atoms with Crippen LogP contribution in [0.2, 0.25) is 0 Å². The number of rotatable bonds is 4. The van der Waals surface area contributed by atoms with Crippen LogP contribution in [0.15, 0.2) is 54.6 Å². The van der Waals surface area contributed by atoms with E-state index >= 15 is 0 Å². The van der Waals surface area contributed by atoms with Crippen molar-refractivity contribution in [2.24, 2.45) is 0 Å². The van der Waals surface area contributed by atoms with Crippen LogP contribution in [0.3, 0.4) is 0 Å². The molecule has 96 valence electrons. The molecular weight excluding hydrogens is 232 g/mol. The third-order valence-corrected chi connectivity index (χ3v) is 3.62. The molecule has 0 aliphatic carbocycles. The summed E-state index contributed by atoms with van der Waals surface area (Å²) in [5, 5.41) is 0. The first-order chi connectivity index (χ1) is 9.33. The summed E-state index contributed by atoms with van der Waals surface area (Å²) in [4.78, 5) is 8.01. The van der Waals surface area contributed by atoms with Crippen molar-refractivity contribution < 1.29 is 0 Å². The third-order valence-electron chi connectivity index (χ3n) is 3.62. The lowest BCUT2D eigenvalue weighted by Crippen LogP contribution is -1.97. The molecule has 1 N–H and O–H groups in total. The highest BCUT2D eigenvalue weighted by atomic mass is 14.9. The fraction of sp³-hybridized carbons (Fsp3) is 0.235. The first-order valence-corrected chi connectivity index (χ1v) is 6.81. The highest BCUT2D eigenvalue weighted by Crippen LogP contribution is 2.21. The Morgan fingerprint density at radius 3 is 2.53 bits per heavy atom. The smallest absolute Gasteiger partial charge is 0.107 e. The Morgan fingerprint density at radius 1 is 1.00 bits per heavy atom. The van der Waals surface area contributed by atoms with E-state index in [4.69, 9.17) is 0 Å². The van der Waals surface area contributed by atoms with Gasteiger partial charge in [-0.3, -0.25) is 0 Å². The van der Waals surface area contributed by atoms with Crippen LogP contribution in [-0.2, 0) is 6.42 Å². The molecule has 3 rings (SSSR count). The minimum atomic E-state index is 0.564. The topological polar surface area (TPSA) is 28.7 Å². The molecule has 0 bridgehead atoms. The van der Waals surface area contributed by atoms with Gasteiger partial charge >= 0.3 is 0 Å². The number of nitrogens with zero attached hydrogens (tertiary/aromatic N) is 1. The van der Waals surface area contributed by atoms with E-state index in [1.54, 1.807) is 0 Å². The van der Waals surface area contributed by atoms with Crippen LogP contribution in [0, 0.1) is 0 Å². The average molecular weight is 250 g/mol. The van der Waals surface area contributed by atoms with Crippen LogP contribution in [0.1, 0.15) is 30.7 Å². The van der Waals surface area contributed by atoms with Crippen molar-refractivity contribution in [3.8, 4) is 0 Å². The Balaban J connectivity index is 1.69. The van der Waals surface area contributed by atoms with Gasteiger partial charge in [0.1, 0.15) is 5.82 Å². The molecule has 0 saturated carbocycles. The zero-order valence-electron chi connectivity index (χ0n) is 11.1. The number of aromatic nitrogens is 2. The van der Waals surface area contributed by atoms with Crippen LogP contribution in [-0.4, -0.2) is 9.97 Å². The van der Waals surface area contributed by atoms with E-state index < -0.39 is 0 Å². The molecule has 1 aromatic heterocycles. The van der Waals surface area contributed by atoms with Crippen LogP contribution in [0.25, 0.3) is 11.0 Å². The van der Waals surface area contributed by atoms with Gasteiger partial charge in [0, 0.05) is 6.42 Å². The largest absolute Gasteiger partial charge is 0.342 e. The quantitative estimate of drug-likeness (QED) is 0.734. The average Bonchev–Trinajstić information content (AvgIpc) is 2.88. The van der Waals surface area contributed by atoms with Crippen molar-refractivity contribution in [3.63, 3.8) is 0 Å². The second kappa shape index (κ2) is 5.27. The number of hydrogen-bond donors (Lipinski definition) is 1. The first-order valence-electron chi connectivity index (χ1n) is 6.81. The normalized spacial score (nSPS) is 12.7. The lowest BCUT2D eigenvalue weighted by atomic mass is 9.96. The molecule has 0 aliphatic rings. The van der Waals surface area contributed by atoms with Crippen LogP contribution >= 0.6 is 0 Å². The molecular formula is C17H18N2. The second-order valence-electron chi connectivity index (χ2n) is 5.05. The van der Waals surface area contributed by atoms with Crippen LogP contribution < -0.4 is 0 Å². The van der Waals surface area contributed by atoms with E-state index in [2.05, 4.69) is 59.4 Å². The van der Waals surface area contributed by atoms with Gasteiger partial charge < -0.3 is 4.98 Å². The summed E-state index contributed by atoms with van der Waals surface area (Å²) in [5.41, 5.74) is 3.59. The molecule has 19 heavy (non-hydrogen) atoms. The molecule has 2 nitrogen and oxygen atoms in total. The Bertz CT molecular complexity index is 622. The highest BCUT2D eigenvalue weighted by molar-refractivity contribution is 5.74. The minimum Gasteiger partial charge on any atom is -0.342 e. The standard InChI is InChI=1S/C17H18N2/c1-13(14-7-3-2-4-8-14)11-12-17-18-15-9-5-6-10-16(15)19-17/h2-10,13H,11-12H2,1H3,(H,18,19). The monoisotopic (exact) mass is 250 g/mol. The van der Waals surface area contributed by atoms with Gasteiger partial charge in [-0.25, -0.2) is 4.98 Å². The summed E-state index contributed by atoms with van der Waals surface area (Å²) in [6, 6.07) is 18.9. The molecule has 0 spiro atoms. The van der Waals surface area contributed by atoms with E-state index in [0.717, 1.165) is 29.7 Å². The fourth-order valence-corrected chi connectivity index (χ4v) is 2.43. The predicted molar refractivity (Wildman–Crippen MR) is 79.3 cm³/mol. The van der Waals surface area contributed by atoms with Crippen LogP contribution in [0.4, 0.5) is 0 Å². The molecule has 1 atom stereocenters. The molecule has 3 aromatic rings. The molecule has 2 aromatic carbocycles. The zero-order chi connectivity index (χ0) is 13.1. The van der Waals surface area contributed by atoms with E-state index in [1.807, 2.05) is 12.1 Å². The van der Waals surface area contributed by atoms with Gasteiger partial charge in [-0.05, 0) is 30.0 Å². The van der Waals surface area contributed by atoms with E-state index in [9.17, 15) is 0 Å². The molecule has 0 aliphatic heterocycles. The number of benzene rings is 2.